The summed E-state index contributed by atoms with van der Waals surface area (Å²) in [5.74, 6) is 0.127. The molecule has 0 atom stereocenters. The van der Waals surface area contributed by atoms with Crippen LogP contribution in [0.25, 0.3) is 0 Å². The maximum Gasteiger partial charge on any atom is 0.253 e. The molecule has 0 radical (unpaired) electrons. The molecule has 1 aliphatic heterocycles. The Bertz CT molecular complexity index is 791. The van der Waals surface area contributed by atoms with Crippen LogP contribution < -0.4 is 5.32 Å². The number of carbonyl (C=O) groups excluding carboxylic acids is 2. The Labute approximate surface area is 174 Å². The molecule has 2 aromatic carbocycles. The van der Waals surface area contributed by atoms with E-state index in [1.807, 2.05) is 41.3 Å². The Morgan fingerprint density at radius 1 is 0.862 bits per heavy atom. The monoisotopic (exact) mass is 392 g/mol. The van der Waals surface area contributed by atoms with Crippen molar-refractivity contribution in [2.75, 3.05) is 13.1 Å². The molecule has 1 aliphatic rings. The average molecular weight is 393 g/mol. The van der Waals surface area contributed by atoms with Crippen LogP contribution in [0, 0.1) is 0 Å². The summed E-state index contributed by atoms with van der Waals surface area (Å²) in [6.07, 6.45) is 7.28. The zero-order chi connectivity index (χ0) is 20.5. The number of nitrogens with zero attached hydrogens (tertiary/aromatic N) is 1. The van der Waals surface area contributed by atoms with E-state index in [0.717, 1.165) is 49.0 Å². The van der Waals surface area contributed by atoms with Crippen LogP contribution in [0.1, 0.15) is 66.1 Å². The minimum atomic E-state index is 0.0137. The average Bonchev–Trinajstić information content (AvgIpc) is 2.78. The molecule has 0 aliphatic carbocycles. The first-order chi connectivity index (χ1) is 14.2. The van der Waals surface area contributed by atoms with E-state index in [9.17, 15) is 9.59 Å². The van der Waals surface area contributed by atoms with E-state index >= 15 is 0 Å². The van der Waals surface area contributed by atoms with E-state index in [1.165, 1.54) is 24.8 Å². The lowest BCUT2D eigenvalue weighted by Crippen LogP contribution is -2.35. The molecular formula is C25H32N2O2. The summed E-state index contributed by atoms with van der Waals surface area (Å²) in [5, 5.41) is 2.97. The highest BCUT2D eigenvalue weighted by atomic mass is 16.2. The van der Waals surface area contributed by atoms with Gasteiger partial charge in [0.15, 0.2) is 0 Å². The van der Waals surface area contributed by atoms with Gasteiger partial charge in [-0.2, -0.15) is 0 Å². The molecule has 3 rings (SSSR count). The quantitative estimate of drug-likeness (QED) is 0.718. The predicted molar refractivity (Wildman–Crippen MR) is 117 cm³/mol. The minimum absolute atomic E-state index is 0.0137. The first kappa shape index (κ1) is 21.1. The van der Waals surface area contributed by atoms with Gasteiger partial charge < -0.3 is 10.2 Å². The number of likely N-dealkylation sites (tertiary alicyclic amines) is 1. The fourth-order valence-corrected chi connectivity index (χ4v) is 3.70. The molecule has 0 bridgehead atoms. The van der Waals surface area contributed by atoms with Crippen molar-refractivity contribution in [1.29, 1.82) is 0 Å². The summed E-state index contributed by atoms with van der Waals surface area (Å²) in [4.78, 5) is 26.7. The number of hydrogen-bond donors (Lipinski definition) is 1. The standard InChI is InChI=1S/C25H32N2O2/c1-2-3-7-20-8-10-21(11-9-20)18-24(28)26-19-22-12-14-23(15-13-22)25(29)27-16-5-4-6-17-27/h8-15H,2-7,16-19H2,1H3,(H,26,28). The molecule has 0 spiro atoms. The van der Waals surface area contributed by atoms with Crippen LogP contribution in [0.15, 0.2) is 48.5 Å². The number of rotatable bonds is 8. The number of amides is 2. The van der Waals surface area contributed by atoms with Crippen molar-refractivity contribution in [3.05, 3.63) is 70.8 Å². The Kier molecular flexibility index (Phi) is 7.85. The summed E-state index contributed by atoms with van der Waals surface area (Å²) < 4.78 is 0. The fourth-order valence-electron chi connectivity index (χ4n) is 3.70. The first-order valence-electron chi connectivity index (χ1n) is 10.9. The molecule has 29 heavy (non-hydrogen) atoms. The topological polar surface area (TPSA) is 49.4 Å². The van der Waals surface area contributed by atoms with Gasteiger partial charge in [-0.05, 0) is 60.9 Å². The summed E-state index contributed by atoms with van der Waals surface area (Å²) in [6.45, 7) is 4.39. The van der Waals surface area contributed by atoms with Crippen LogP contribution in [0.4, 0.5) is 0 Å². The van der Waals surface area contributed by atoms with Crippen LogP contribution in [-0.4, -0.2) is 29.8 Å². The number of hydrogen-bond acceptors (Lipinski definition) is 2. The number of carbonyl (C=O) groups is 2. The molecule has 4 nitrogen and oxygen atoms in total. The molecule has 154 valence electrons. The Balaban J connectivity index is 1.45. The van der Waals surface area contributed by atoms with Gasteiger partial charge in [0, 0.05) is 25.2 Å². The smallest absolute Gasteiger partial charge is 0.253 e. The number of piperidine rings is 1. The van der Waals surface area contributed by atoms with Crippen molar-refractivity contribution < 1.29 is 9.59 Å². The molecule has 0 unspecified atom stereocenters. The van der Waals surface area contributed by atoms with Crippen LogP contribution in [0.2, 0.25) is 0 Å². The molecule has 2 aromatic rings. The highest BCUT2D eigenvalue weighted by Crippen LogP contribution is 2.14. The number of unbranched alkanes of at least 4 members (excludes halogenated alkanes) is 1. The second-order valence-electron chi connectivity index (χ2n) is 7.92. The van der Waals surface area contributed by atoms with Gasteiger partial charge in [-0.3, -0.25) is 9.59 Å². The van der Waals surface area contributed by atoms with E-state index in [2.05, 4.69) is 24.4 Å². The number of nitrogens with one attached hydrogen (secondary N) is 1. The Morgan fingerprint density at radius 2 is 1.48 bits per heavy atom. The van der Waals surface area contributed by atoms with Crippen molar-refractivity contribution in [3.8, 4) is 0 Å². The van der Waals surface area contributed by atoms with Gasteiger partial charge in [0.05, 0.1) is 6.42 Å². The van der Waals surface area contributed by atoms with E-state index in [4.69, 9.17) is 0 Å². The van der Waals surface area contributed by atoms with E-state index < -0.39 is 0 Å². The van der Waals surface area contributed by atoms with Gasteiger partial charge in [-0.15, -0.1) is 0 Å². The normalized spacial score (nSPS) is 13.9. The molecule has 1 saturated heterocycles. The van der Waals surface area contributed by atoms with Crippen molar-refractivity contribution in [2.24, 2.45) is 0 Å². The Morgan fingerprint density at radius 3 is 2.14 bits per heavy atom. The van der Waals surface area contributed by atoms with E-state index in [-0.39, 0.29) is 11.8 Å². The van der Waals surface area contributed by atoms with Crippen LogP contribution >= 0.6 is 0 Å². The zero-order valence-electron chi connectivity index (χ0n) is 17.5. The van der Waals surface area contributed by atoms with E-state index in [1.54, 1.807) is 0 Å². The van der Waals surface area contributed by atoms with Gasteiger partial charge in [0.1, 0.15) is 0 Å². The molecule has 1 heterocycles. The van der Waals surface area contributed by atoms with Crippen molar-refractivity contribution in [2.45, 2.75) is 58.4 Å². The third-order valence-corrected chi connectivity index (χ3v) is 5.54. The summed E-state index contributed by atoms with van der Waals surface area (Å²) in [7, 11) is 0. The largest absolute Gasteiger partial charge is 0.352 e. The van der Waals surface area contributed by atoms with Gasteiger partial charge in [-0.1, -0.05) is 49.7 Å². The lowest BCUT2D eigenvalue weighted by molar-refractivity contribution is -0.120. The van der Waals surface area contributed by atoms with Gasteiger partial charge in [0.2, 0.25) is 5.91 Å². The number of benzene rings is 2. The van der Waals surface area contributed by atoms with Gasteiger partial charge in [-0.25, -0.2) is 0 Å². The van der Waals surface area contributed by atoms with Crippen LogP contribution in [0.3, 0.4) is 0 Å². The van der Waals surface area contributed by atoms with Gasteiger partial charge in [0.25, 0.3) is 5.91 Å². The molecule has 4 heteroatoms. The highest BCUT2D eigenvalue weighted by Gasteiger charge is 2.17. The molecule has 1 fully saturated rings. The third-order valence-electron chi connectivity index (χ3n) is 5.54. The number of aryl methyl sites for hydroxylation is 1. The summed E-state index contributed by atoms with van der Waals surface area (Å²) in [6, 6.07) is 15.9. The molecule has 0 aromatic heterocycles. The van der Waals surface area contributed by atoms with Crippen LogP contribution in [-0.2, 0) is 24.2 Å². The fraction of sp³-hybridized carbons (Fsp3) is 0.440. The molecule has 0 saturated carbocycles. The van der Waals surface area contributed by atoms with Crippen molar-refractivity contribution in [1.82, 2.24) is 10.2 Å². The highest BCUT2D eigenvalue weighted by molar-refractivity contribution is 5.94. The van der Waals surface area contributed by atoms with E-state index in [0.29, 0.717) is 13.0 Å². The van der Waals surface area contributed by atoms with Crippen molar-refractivity contribution >= 4 is 11.8 Å². The maximum atomic E-state index is 12.5. The minimum Gasteiger partial charge on any atom is -0.352 e. The van der Waals surface area contributed by atoms with Gasteiger partial charge >= 0.3 is 0 Å². The second kappa shape index (κ2) is 10.8. The summed E-state index contributed by atoms with van der Waals surface area (Å²) in [5.41, 5.74) is 4.09. The molecule has 1 N–H and O–H groups in total. The molecule has 2 amide bonds. The van der Waals surface area contributed by atoms with Crippen LogP contribution in [0.5, 0.6) is 0 Å². The zero-order valence-corrected chi connectivity index (χ0v) is 17.5. The van der Waals surface area contributed by atoms with Crippen molar-refractivity contribution in [3.63, 3.8) is 0 Å². The summed E-state index contributed by atoms with van der Waals surface area (Å²) >= 11 is 0. The lowest BCUT2D eigenvalue weighted by atomic mass is 10.0. The maximum absolute atomic E-state index is 12.5. The SMILES string of the molecule is CCCCc1ccc(CC(=O)NCc2ccc(C(=O)N3CCCCC3)cc2)cc1. The third kappa shape index (κ3) is 6.45. The lowest BCUT2D eigenvalue weighted by Gasteiger charge is -2.26. The second-order valence-corrected chi connectivity index (χ2v) is 7.92. The first-order valence-corrected chi connectivity index (χ1v) is 10.9. The Hall–Kier alpha value is -2.62. The predicted octanol–water partition coefficient (Wildman–Crippen LogP) is 4.51. The molecular weight excluding hydrogens is 360 g/mol.